The third-order valence-electron chi connectivity index (χ3n) is 7.15. The van der Waals surface area contributed by atoms with Gasteiger partial charge in [-0.05, 0) is 47.2 Å². The highest BCUT2D eigenvalue weighted by Crippen LogP contribution is 2.23. The maximum atomic E-state index is 12.4. The lowest BCUT2D eigenvalue weighted by molar-refractivity contribution is -0.116. The van der Waals surface area contributed by atoms with Crippen molar-refractivity contribution in [3.63, 3.8) is 0 Å². The number of amides is 1. The SMILES string of the molecule is CCCCCCCCCCCCCCOc1ccc(CN(C(C)=O)c2ccc(CN3C=CSC3)cc2)cc1. The van der Waals surface area contributed by atoms with Gasteiger partial charge in [0.2, 0.25) is 5.91 Å². The number of rotatable bonds is 19. The van der Waals surface area contributed by atoms with Crippen molar-refractivity contribution in [1.29, 1.82) is 0 Å². The summed E-state index contributed by atoms with van der Waals surface area (Å²) in [5.74, 6) is 1.95. The summed E-state index contributed by atoms with van der Waals surface area (Å²) in [7, 11) is 0. The van der Waals surface area contributed by atoms with Gasteiger partial charge in [0, 0.05) is 25.4 Å². The second-order valence-corrected chi connectivity index (χ2v) is 11.3. The lowest BCUT2D eigenvalue weighted by atomic mass is 10.1. The van der Waals surface area contributed by atoms with Crippen LogP contribution in [0.5, 0.6) is 5.75 Å². The summed E-state index contributed by atoms with van der Waals surface area (Å²) in [6.07, 6.45) is 18.3. The molecule has 5 heteroatoms. The van der Waals surface area contributed by atoms with Crippen LogP contribution < -0.4 is 9.64 Å². The van der Waals surface area contributed by atoms with E-state index in [4.69, 9.17) is 4.74 Å². The fourth-order valence-electron chi connectivity index (χ4n) is 4.82. The molecule has 1 heterocycles. The molecule has 0 fully saturated rings. The van der Waals surface area contributed by atoms with Crippen molar-refractivity contribution >= 4 is 23.4 Å². The minimum Gasteiger partial charge on any atom is -0.494 e. The van der Waals surface area contributed by atoms with Gasteiger partial charge in [0.05, 0.1) is 19.0 Å². The molecule has 1 aliphatic heterocycles. The topological polar surface area (TPSA) is 32.8 Å². The third-order valence-corrected chi connectivity index (χ3v) is 7.95. The Morgan fingerprint density at radius 1 is 0.816 bits per heavy atom. The minimum atomic E-state index is 0.0453. The predicted molar refractivity (Wildman–Crippen MR) is 163 cm³/mol. The minimum absolute atomic E-state index is 0.0453. The Balaban J connectivity index is 1.30. The van der Waals surface area contributed by atoms with E-state index >= 15 is 0 Å². The van der Waals surface area contributed by atoms with Crippen LogP contribution in [0.25, 0.3) is 0 Å². The van der Waals surface area contributed by atoms with E-state index in [9.17, 15) is 4.79 Å². The molecule has 0 spiro atoms. The van der Waals surface area contributed by atoms with Gasteiger partial charge >= 0.3 is 0 Å². The number of nitrogens with zero attached hydrogens (tertiary/aromatic N) is 2. The van der Waals surface area contributed by atoms with Crippen LogP contribution in [0.1, 0.15) is 102 Å². The Bertz CT molecular complexity index is 942. The fraction of sp³-hybridized carbons (Fsp3) is 0.545. The van der Waals surface area contributed by atoms with Gasteiger partial charge in [-0.25, -0.2) is 0 Å². The number of unbranched alkanes of at least 4 members (excludes halogenated alkanes) is 11. The molecule has 2 aromatic rings. The molecule has 0 N–H and O–H groups in total. The van der Waals surface area contributed by atoms with Crippen molar-refractivity contribution in [1.82, 2.24) is 4.90 Å². The van der Waals surface area contributed by atoms with Crippen molar-refractivity contribution < 1.29 is 9.53 Å². The van der Waals surface area contributed by atoms with Crippen molar-refractivity contribution in [3.8, 4) is 5.75 Å². The Morgan fingerprint density at radius 3 is 1.95 bits per heavy atom. The molecular formula is C33H48N2O2S. The summed E-state index contributed by atoms with van der Waals surface area (Å²) < 4.78 is 5.97. The van der Waals surface area contributed by atoms with Crippen LogP contribution in [0.2, 0.25) is 0 Å². The second-order valence-electron chi connectivity index (χ2n) is 10.5. The summed E-state index contributed by atoms with van der Waals surface area (Å²) in [5, 5.41) is 2.13. The van der Waals surface area contributed by atoms with E-state index < -0.39 is 0 Å². The van der Waals surface area contributed by atoms with Gasteiger partial charge in [0.15, 0.2) is 0 Å². The molecule has 4 nitrogen and oxygen atoms in total. The highest BCUT2D eigenvalue weighted by molar-refractivity contribution is 8.02. The van der Waals surface area contributed by atoms with Crippen LogP contribution in [0.15, 0.2) is 60.1 Å². The molecule has 0 bridgehead atoms. The zero-order valence-corrected chi connectivity index (χ0v) is 24.5. The van der Waals surface area contributed by atoms with Gasteiger partial charge in [0.25, 0.3) is 0 Å². The van der Waals surface area contributed by atoms with Gasteiger partial charge < -0.3 is 14.5 Å². The van der Waals surface area contributed by atoms with E-state index in [1.165, 1.54) is 76.2 Å². The quantitative estimate of drug-likeness (QED) is 0.167. The summed E-state index contributed by atoms with van der Waals surface area (Å²) >= 11 is 1.81. The van der Waals surface area contributed by atoms with Crippen LogP contribution in [-0.2, 0) is 17.9 Å². The van der Waals surface area contributed by atoms with Crippen molar-refractivity contribution in [2.24, 2.45) is 0 Å². The van der Waals surface area contributed by atoms with Crippen LogP contribution in [0, 0.1) is 0 Å². The molecule has 1 amide bonds. The number of benzene rings is 2. The first-order chi connectivity index (χ1) is 18.7. The lowest BCUT2D eigenvalue weighted by Crippen LogP contribution is -2.27. The maximum Gasteiger partial charge on any atom is 0.224 e. The smallest absolute Gasteiger partial charge is 0.224 e. The van der Waals surface area contributed by atoms with E-state index in [0.29, 0.717) is 6.54 Å². The number of carbonyl (C=O) groups excluding carboxylic acids is 1. The average Bonchev–Trinajstić information content (AvgIpc) is 3.44. The van der Waals surface area contributed by atoms with Crippen LogP contribution in [0.4, 0.5) is 5.69 Å². The van der Waals surface area contributed by atoms with Crippen molar-refractivity contribution in [2.75, 3.05) is 17.4 Å². The predicted octanol–water partition coefficient (Wildman–Crippen LogP) is 9.30. The number of hydrogen-bond acceptors (Lipinski definition) is 4. The lowest BCUT2D eigenvalue weighted by Gasteiger charge is -2.22. The molecule has 1 aliphatic rings. The average molecular weight is 537 g/mol. The Kier molecular flexibility index (Phi) is 14.3. The summed E-state index contributed by atoms with van der Waals surface area (Å²) in [4.78, 5) is 16.5. The molecule has 0 saturated heterocycles. The maximum absolute atomic E-state index is 12.4. The summed E-state index contributed by atoms with van der Waals surface area (Å²) in [6, 6.07) is 16.5. The molecule has 0 aliphatic carbocycles. The molecule has 0 saturated carbocycles. The van der Waals surface area contributed by atoms with Gasteiger partial charge in [-0.3, -0.25) is 4.79 Å². The van der Waals surface area contributed by atoms with E-state index in [1.54, 1.807) is 6.92 Å². The van der Waals surface area contributed by atoms with Crippen LogP contribution in [-0.4, -0.2) is 23.3 Å². The zero-order chi connectivity index (χ0) is 26.8. The monoisotopic (exact) mass is 536 g/mol. The molecule has 208 valence electrons. The fourth-order valence-corrected chi connectivity index (χ4v) is 5.53. The third kappa shape index (κ3) is 11.6. The second kappa shape index (κ2) is 18.0. The van der Waals surface area contributed by atoms with E-state index in [-0.39, 0.29) is 5.91 Å². The van der Waals surface area contributed by atoms with E-state index in [1.807, 2.05) is 28.8 Å². The van der Waals surface area contributed by atoms with Gasteiger partial charge in [-0.1, -0.05) is 102 Å². The summed E-state index contributed by atoms with van der Waals surface area (Å²) in [6.45, 7) is 6.13. The summed E-state index contributed by atoms with van der Waals surface area (Å²) in [5.41, 5.74) is 3.28. The van der Waals surface area contributed by atoms with E-state index in [2.05, 4.69) is 59.8 Å². The first-order valence-corrected chi connectivity index (χ1v) is 15.8. The van der Waals surface area contributed by atoms with Crippen LogP contribution >= 0.6 is 11.8 Å². The normalized spacial score (nSPS) is 12.7. The first kappa shape index (κ1) is 30.1. The largest absolute Gasteiger partial charge is 0.494 e. The molecule has 0 atom stereocenters. The molecule has 38 heavy (non-hydrogen) atoms. The molecule has 0 radical (unpaired) electrons. The van der Waals surface area contributed by atoms with Crippen LogP contribution in [0.3, 0.4) is 0 Å². The molecule has 2 aromatic carbocycles. The van der Waals surface area contributed by atoms with Crippen molar-refractivity contribution in [3.05, 3.63) is 71.3 Å². The Labute approximate surface area is 235 Å². The standard InChI is InChI=1S/C33H48N2O2S/c1-3-4-5-6-7-8-9-10-11-12-13-14-24-37-33-21-17-31(18-22-33)27-35(29(2)36)32-19-15-30(16-20-32)26-34-23-25-38-28-34/h15-23,25H,3-14,24,26-28H2,1-2H3. The zero-order valence-electron chi connectivity index (χ0n) is 23.7. The highest BCUT2D eigenvalue weighted by Gasteiger charge is 2.13. The first-order valence-electron chi connectivity index (χ1n) is 14.8. The van der Waals surface area contributed by atoms with Crippen molar-refractivity contribution in [2.45, 2.75) is 104 Å². The van der Waals surface area contributed by atoms with Gasteiger partial charge in [-0.2, -0.15) is 0 Å². The number of ether oxygens (including phenoxy) is 1. The number of hydrogen-bond donors (Lipinski definition) is 0. The van der Waals surface area contributed by atoms with E-state index in [0.717, 1.165) is 42.4 Å². The number of thioether (sulfide) groups is 1. The van der Waals surface area contributed by atoms with Gasteiger partial charge in [-0.15, -0.1) is 11.8 Å². The Hall–Kier alpha value is -2.40. The molecular weight excluding hydrogens is 488 g/mol. The Morgan fingerprint density at radius 2 is 1.39 bits per heavy atom. The van der Waals surface area contributed by atoms with Gasteiger partial charge in [0.1, 0.15) is 5.75 Å². The number of anilines is 1. The molecule has 0 unspecified atom stereocenters. The number of carbonyl (C=O) groups is 1. The highest BCUT2D eigenvalue weighted by atomic mass is 32.2. The molecule has 0 aromatic heterocycles. The molecule has 3 rings (SSSR count).